The van der Waals surface area contributed by atoms with Crippen molar-refractivity contribution in [2.24, 2.45) is 0 Å². The van der Waals surface area contributed by atoms with Crippen LogP contribution in [-0.4, -0.2) is 62.3 Å². The molecule has 1 aromatic rings. The summed E-state index contributed by atoms with van der Waals surface area (Å²) in [6.07, 6.45) is 0. The Morgan fingerprint density at radius 1 is 1.09 bits per heavy atom. The topological polar surface area (TPSA) is 118 Å². The predicted octanol–water partition coefficient (Wildman–Crippen LogP) is 0.251. The molecule has 1 aromatic carbocycles. The first-order chi connectivity index (χ1) is 10.7. The summed E-state index contributed by atoms with van der Waals surface area (Å²) in [5.74, 6) is -0.0371. The monoisotopic (exact) mass is 363 g/mol. The zero-order chi connectivity index (χ0) is 17.3. The fraction of sp³-hybridized carbons (Fsp3) is 0.500. The van der Waals surface area contributed by atoms with Gasteiger partial charge >= 0.3 is 0 Å². The Balaban J connectivity index is 2.20. The van der Waals surface area contributed by atoms with Crippen LogP contribution in [-0.2, 0) is 20.0 Å². The Kier molecular flexibility index (Phi) is 5.04. The molecule has 1 aliphatic rings. The highest BCUT2D eigenvalue weighted by atomic mass is 32.2. The molecule has 0 amide bonds. The molecule has 11 heteroatoms. The number of nitrogens with zero attached hydrogens (tertiary/aromatic N) is 3. The minimum atomic E-state index is -3.89. The van der Waals surface area contributed by atoms with Crippen molar-refractivity contribution in [1.82, 2.24) is 8.61 Å². The molecule has 0 aromatic heterocycles. The number of sulfonamides is 2. The number of nitro benzene ring substituents is 1. The van der Waals surface area contributed by atoms with E-state index in [1.807, 2.05) is 0 Å². The minimum Gasteiger partial charge on any atom is -0.258 e. The second-order valence-electron chi connectivity index (χ2n) is 4.96. The van der Waals surface area contributed by atoms with E-state index >= 15 is 0 Å². The molecule has 0 bridgehead atoms. The molecule has 0 N–H and O–H groups in total. The first-order valence-electron chi connectivity index (χ1n) is 6.91. The van der Waals surface area contributed by atoms with Crippen LogP contribution in [0.4, 0.5) is 5.69 Å². The van der Waals surface area contributed by atoms with Crippen molar-refractivity contribution in [2.75, 3.05) is 31.9 Å². The van der Waals surface area contributed by atoms with Crippen LogP contribution in [0, 0.1) is 10.1 Å². The molecule has 0 unspecified atom stereocenters. The smallest absolute Gasteiger partial charge is 0.258 e. The van der Waals surface area contributed by atoms with Crippen LogP contribution in [0.2, 0.25) is 0 Å². The summed E-state index contributed by atoms with van der Waals surface area (Å²) in [7, 11) is -7.24. The fourth-order valence-corrected chi connectivity index (χ4v) is 4.82. The lowest BCUT2D eigenvalue weighted by molar-refractivity contribution is -0.385. The van der Waals surface area contributed by atoms with Crippen molar-refractivity contribution in [2.45, 2.75) is 11.8 Å². The molecule has 0 saturated carbocycles. The van der Waals surface area contributed by atoms with Crippen LogP contribution in [0.15, 0.2) is 29.2 Å². The molecule has 128 valence electrons. The van der Waals surface area contributed by atoms with Crippen LogP contribution in [0.5, 0.6) is 0 Å². The van der Waals surface area contributed by atoms with Gasteiger partial charge in [0.15, 0.2) is 0 Å². The van der Waals surface area contributed by atoms with Gasteiger partial charge in [0, 0.05) is 38.3 Å². The van der Waals surface area contributed by atoms with Gasteiger partial charge in [-0.3, -0.25) is 10.1 Å². The average Bonchev–Trinajstić information content (AvgIpc) is 2.55. The molecule has 1 heterocycles. The highest BCUT2D eigenvalue weighted by Crippen LogP contribution is 2.22. The summed E-state index contributed by atoms with van der Waals surface area (Å²) < 4.78 is 51.0. The van der Waals surface area contributed by atoms with E-state index in [0.29, 0.717) is 0 Å². The molecule has 0 atom stereocenters. The Labute approximate surface area is 134 Å². The second kappa shape index (κ2) is 6.51. The largest absolute Gasteiger partial charge is 0.270 e. The zero-order valence-corrected chi connectivity index (χ0v) is 14.1. The maximum absolute atomic E-state index is 12.5. The first kappa shape index (κ1) is 17.8. The highest BCUT2D eigenvalue weighted by Gasteiger charge is 2.32. The van der Waals surface area contributed by atoms with E-state index in [0.717, 1.165) is 10.4 Å². The molecule has 23 heavy (non-hydrogen) atoms. The van der Waals surface area contributed by atoms with Crippen molar-refractivity contribution in [3.05, 3.63) is 34.4 Å². The summed E-state index contributed by atoms with van der Waals surface area (Å²) in [5, 5.41) is 10.8. The SMILES string of the molecule is CCS(=O)(=O)N1CCN(S(=O)(=O)c2cccc([N+](=O)[O-])c2)CC1. The van der Waals surface area contributed by atoms with Gasteiger partial charge in [-0.2, -0.15) is 8.61 Å². The lowest BCUT2D eigenvalue weighted by Crippen LogP contribution is -2.50. The number of rotatable bonds is 5. The maximum Gasteiger partial charge on any atom is 0.270 e. The van der Waals surface area contributed by atoms with E-state index < -0.39 is 25.0 Å². The number of benzene rings is 1. The van der Waals surface area contributed by atoms with Gasteiger partial charge in [-0.15, -0.1) is 0 Å². The van der Waals surface area contributed by atoms with Gasteiger partial charge in [-0.1, -0.05) is 6.07 Å². The number of hydrogen-bond donors (Lipinski definition) is 0. The Hall–Kier alpha value is -1.56. The lowest BCUT2D eigenvalue weighted by Gasteiger charge is -2.33. The van der Waals surface area contributed by atoms with Crippen molar-refractivity contribution in [3.8, 4) is 0 Å². The van der Waals surface area contributed by atoms with E-state index in [2.05, 4.69) is 0 Å². The van der Waals surface area contributed by atoms with Crippen LogP contribution < -0.4 is 0 Å². The third kappa shape index (κ3) is 3.68. The lowest BCUT2D eigenvalue weighted by atomic mass is 10.3. The predicted molar refractivity (Wildman–Crippen MR) is 82.9 cm³/mol. The van der Waals surface area contributed by atoms with E-state index in [9.17, 15) is 26.9 Å². The number of hydrogen-bond acceptors (Lipinski definition) is 6. The summed E-state index contributed by atoms with van der Waals surface area (Å²) in [4.78, 5) is 9.94. The quantitative estimate of drug-likeness (QED) is 0.547. The van der Waals surface area contributed by atoms with Crippen LogP contribution >= 0.6 is 0 Å². The van der Waals surface area contributed by atoms with Crippen molar-refractivity contribution in [1.29, 1.82) is 0 Å². The normalized spacial score (nSPS) is 18.0. The third-order valence-corrected chi connectivity index (χ3v) is 7.40. The van der Waals surface area contributed by atoms with E-state index in [1.54, 1.807) is 0 Å². The summed E-state index contributed by atoms with van der Waals surface area (Å²) >= 11 is 0. The van der Waals surface area contributed by atoms with Gasteiger partial charge in [-0.25, -0.2) is 16.8 Å². The summed E-state index contributed by atoms with van der Waals surface area (Å²) in [5.41, 5.74) is -0.307. The third-order valence-electron chi connectivity index (χ3n) is 3.62. The van der Waals surface area contributed by atoms with Gasteiger partial charge in [0.1, 0.15) is 0 Å². The van der Waals surface area contributed by atoms with Gasteiger partial charge in [0.2, 0.25) is 20.0 Å². The van der Waals surface area contributed by atoms with E-state index in [-0.39, 0.29) is 42.5 Å². The molecular formula is C12H17N3O6S2. The Bertz CT molecular complexity index is 798. The van der Waals surface area contributed by atoms with Crippen molar-refractivity contribution in [3.63, 3.8) is 0 Å². The zero-order valence-electron chi connectivity index (χ0n) is 12.5. The van der Waals surface area contributed by atoms with E-state index in [1.165, 1.54) is 29.4 Å². The van der Waals surface area contributed by atoms with Gasteiger partial charge < -0.3 is 0 Å². The van der Waals surface area contributed by atoms with E-state index in [4.69, 9.17) is 0 Å². The molecule has 0 radical (unpaired) electrons. The van der Waals surface area contributed by atoms with Gasteiger partial charge in [0.05, 0.1) is 15.6 Å². The minimum absolute atomic E-state index is 0.0181. The maximum atomic E-state index is 12.5. The molecule has 1 aliphatic heterocycles. The fourth-order valence-electron chi connectivity index (χ4n) is 2.28. The summed E-state index contributed by atoms with van der Waals surface area (Å²) in [6, 6.07) is 4.82. The average molecular weight is 363 g/mol. The van der Waals surface area contributed by atoms with Gasteiger partial charge in [-0.05, 0) is 13.0 Å². The molecule has 0 aliphatic carbocycles. The number of piperazine rings is 1. The second-order valence-corrected chi connectivity index (χ2v) is 9.15. The van der Waals surface area contributed by atoms with Gasteiger partial charge in [0.25, 0.3) is 5.69 Å². The van der Waals surface area contributed by atoms with Crippen molar-refractivity contribution < 1.29 is 21.8 Å². The number of non-ortho nitro benzene ring substituents is 1. The molecule has 9 nitrogen and oxygen atoms in total. The summed E-state index contributed by atoms with van der Waals surface area (Å²) in [6.45, 7) is 1.71. The Morgan fingerprint density at radius 3 is 2.17 bits per heavy atom. The van der Waals surface area contributed by atoms with Crippen LogP contribution in [0.1, 0.15) is 6.92 Å². The molecule has 2 rings (SSSR count). The molecule has 1 saturated heterocycles. The van der Waals surface area contributed by atoms with Crippen LogP contribution in [0.3, 0.4) is 0 Å². The Morgan fingerprint density at radius 2 is 1.65 bits per heavy atom. The standard InChI is InChI=1S/C12H17N3O6S2/c1-2-22(18,19)13-6-8-14(9-7-13)23(20,21)12-5-3-4-11(10-12)15(16)17/h3-5,10H,2,6-9H2,1H3. The molecular weight excluding hydrogens is 346 g/mol. The van der Waals surface area contributed by atoms with Crippen LogP contribution in [0.25, 0.3) is 0 Å². The highest BCUT2D eigenvalue weighted by molar-refractivity contribution is 7.89. The molecule has 0 spiro atoms. The first-order valence-corrected chi connectivity index (χ1v) is 9.96. The van der Waals surface area contributed by atoms with Crippen molar-refractivity contribution >= 4 is 25.7 Å². The number of nitro groups is 1. The molecule has 1 fully saturated rings.